The minimum Gasteiger partial charge on any atom is -0.433 e. The number of amides is 2. The van der Waals surface area contributed by atoms with Gasteiger partial charge in [0, 0.05) is 32.3 Å². The maximum atomic E-state index is 12.9. The van der Waals surface area contributed by atoms with Crippen molar-refractivity contribution in [1.82, 2.24) is 8.87 Å². The molecule has 0 radical (unpaired) electrons. The maximum Gasteiger partial charge on any atom is 0.387 e. The van der Waals surface area contributed by atoms with Crippen molar-refractivity contribution in [3.05, 3.63) is 42.2 Å². The largest absolute Gasteiger partial charge is 0.433 e. The summed E-state index contributed by atoms with van der Waals surface area (Å²) in [6.07, 6.45) is 1.81. The highest BCUT2D eigenvalue weighted by Crippen LogP contribution is 2.29. The summed E-state index contributed by atoms with van der Waals surface area (Å²) in [6, 6.07) is 7.06. The lowest BCUT2D eigenvalue weighted by Gasteiger charge is -2.30. The summed E-state index contributed by atoms with van der Waals surface area (Å²) in [5.74, 6) is -1.79. The number of ether oxygens (including phenoxy) is 1. The molecule has 168 valence electrons. The number of alkyl halides is 2. The van der Waals surface area contributed by atoms with Crippen molar-refractivity contribution in [3.8, 4) is 5.75 Å². The zero-order valence-electron chi connectivity index (χ0n) is 16.6. The fourth-order valence-electron chi connectivity index (χ4n) is 3.43. The van der Waals surface area contributed by atoms with E-state index in [0.29, 0.717) is 0 Å². The molecule has 1 fully saturated rings. The normalized spacial score (nSPS) is 15.7. The van der Waals surface area contributed by atoms with Crippen LogP contribution >= 0.6 is 0 Å². The SMILES string of the molecule is Cn1cc(S(=O)(=O)N2CCC(C(=O)Nc3ccccc3OC(F)F)CC2)cc1C(N)=O. The van der Waals surface area contributed by atoms with E-state index in [1.165, 1.54) is 46.4 Å². The molecule has 1 aromatic carbocycles. The van der Waals surface area contributed by atoms with Gasteiger partial charge in [-0.1, -0.05) is 12.1 Å². The standard InChI is InChI=1S/C19H22F2N4O5S/c1-24-11-13(10-15(24)17(22)26)31(28,29)25-8-6-12(7-9-25)18(27)23-14-4-2-3-5-16(14)30-19(20)21/h2-5,10-12,19H,6-9H2,1H3,(H2,22,26)(H,23,27). The van der Waals surface area contributed by atoms with Gasteiger partial charge in [0.2, 0.25) is 15.9 Å². The molecule has 0 aliphatic carbocycles. The monoisotopic (exact) mass is 456 g/mol. The fourth-order valence-corrected chi connectivity index (χ4v) is 4.97. The Morgan fingerprint density at radius 1 is 1.23 bits per heavy atom. The Bertz CT molecular complexity index is 1080. The van der Waals surface area contributed by atoms with E-state index < -0.39 is 34.4 Å². The van der Waals surface area contributed by atoms with E-state index in [0.717, 1.165) is 0 Å². The topological polar surface area (TPSA) is 124 Å². The van der Waals surface area contributed by atoms with Crippen molar-refractivity contribution >= 4 is 27.5 Å². The number of hydrogen-bond acceptors (Lipinski definition) is 5. The number of primary amides is 1. The van der Waals surface area contributed by atoms with E-state index in [-0.39, 0.29) is 48.0 Å². The van der Waals surface area contributed by atoms with Gasteiger partial charge < -0.3 is 20.4 Å². The zero-order chi connectivity index (χ0) is 22.8. The van der Waals surface area contributed by atoms with Gasteiger partial charge in [-0.05, 0) is 31.0 Å². The highest BCUT2D eigenvalue weighted by atomic mass is 32.2. The van der Waals surface area contributed by atoms with Gasteiger partial charge in [0.05, 0.1) is 5.69 Å². The van der Waals surface area contributed by atoms with Crippen LogP contribution in [-0.2, 0) is 21.9 Å². The Balaban J connectivity index is 1.65. The van der Waals surface area contributed by atoms with Crippen molar-refractivity contribution in [1.29, 1.82) is 0 Å². The molecule has 1 aromatic heterocycles. The van der Waals surface area contributed by atoms with Gasteiger partial charge in [-0.2, -0.15) is 13.1 Å². The van der Waals surface area contributed by atoms with Gasteiger partial charge in [0.25, 0.3) is 5.91 Å². The van der Waals surface area contributed by atoms with Crippen molar-refractivity contribution in [2.45, 2.75) is 24.3 Å². The second kappa shape index (κ2) is 9.02. The quantitative estimate of drug-likeness (QED) is 0.657. The highest BCUT2D eigenvalue weighted by Gasteiger charge is 2.33. The van der Waals surface area contributed by atoms with E-state index in [2.05, 4.69) is 10.1 Å². The molecule has 2 amide bonds. The average Bonchev–Trinajstić information content (AvgIpc) is 3.12. The van der Waals surface area contributed by atoms with E-state index in [4.69, 9.17) is 5.73 Å². The van der Waals surface area contributed by atoms with Gasteiger partial charge in [-0.25, -0.2) is 8.42 Å². The molecule has 0 spiro atoms. The highest BCUT2D eigenvalue weighted by molar-refractivity contribution is 7.89. The summed E-state index contributed by atoms with van der Waals surface area (Å²) in [5, 5.41) is 2.57. The molecule has 1 aliphatic rings. The number of piperidine rings is 1. The van der Waals surface area contributed by atoms with Crippen LogP contribution in [0.3, 0.4) is 0 Å². The van der Waals surface area contributed by atoms with Gasteiger partial charge in [-0.3, -0.25) is 9.59 Å². The van der Waals surface area contributed by atoms with Crippen LogP contribution < -0.4 is 15.8 Å². The van der Waals surface area contributed by atoms with E-state index >= 15 is 0 Å². The number of carbonyl (C=O) groups is 2. The van der Waals surface area contributed by atoms with Crippen LogP contribution in [-0.4, -0.2) is 48.8 Å². The number of carbonyl (C=O) groups excluding carboxylic acids is 2. The van der Waals surface area contributed by atoms with Crippen molar-refractivity contribution in [2.75, 3.05) is 18.4 Å². The number of hydrogen-bond donors (Lipinski definition) is 2. The summed E-state index contributed by atoms with van der Waals surface area (Å²) in [7, 11) is -2.34. The molecule has 2 aromatic rings. The number of nitrogens with zero attached hydrogens (tertiary/aromatic N) is 2. The Hall–Kier alpha value is -2.99. The van der Waals surface area contributed by atoms with Crippen molar-refractivity contribution in [2.24, 2.45) is 18.7 Å². The van der Waals surface area contributed by atoms with Crippen LogP contribution in [0.15, 0.2) is 41.4 Å². The summed E-state index contributed by atoms with van der Waals surface area (Å²) >= 11 is 0. The number of sulfonamides is 1. The average molecular weight is 456 g/mol. The minimum atomic E-state index is -3.86. The number of para-hydroxylation sites is 2. The number of aryl methyl sites for hydroxylation is 1. The second-order valence-electron chi connectivity index (χ2n) is 7.08. The molecule has 1 saturated heterocycles. The lowest BCUT2D eigenvalue weighted by Crippen LogP contribution is -2.41. The molecular weight excluding hydrogens is 434 g/mol. The molecule has 0 saturated carbocycles. The van der Waals surface area contributed by atoms with Gasteiger partial charge >= 0.3 is 6.61 Å². The third-order valence-electron chi connectivity index (χ3n) is 5.06. The molecule has 0 unspecified atom stereocenters. The molecule has 12 heteroatoms. The number of rotatable bonds is 7. The number of aromatic nitrogens is 1. The summed E-state index contributed by atoms with van der Waals surface area (Å²) < 4.78 is 57.8. The first kappa shape index (κ1) is 22.7. The third-order valence-corrected chi connectivity index (χ3v) is 6.92. The molecule has 3 rings (SSSR count). The molecule has 2 heterocycles. The lowest BCUT2D eigenvalue weighted by molar-refractivity contribution is -0.121. The molecule has 0 bridgehead atoms. The molecule has 0 atom stereocenters. The van der Waals surface area contributed by atoms with Crippen molar-refractivity contribution in [3.63, 3.8) is 0 Å². The lowest BCUT2D eigenvalue weighted by atomic mass is 9.97. The van der Waals surface area contributed by atoms with E-state index in [1.54, 1.807) is 6.07 Å². The Kier molecular flexibility index (Phi) is 6.60. The molecule has 3 N–H and O–H groups in total. The first-order chi connectivity index (χ1) is 14.6. The number of halogens is 2. The predicted molar refractivity (Wildman–Crippen MR) is 107 cm³/mol. The van der Waals surface area contributed by atoms with Crippen LogP contribution in [0.4, 0.5) is 14.5 Å². The second-order valence-corrected chi connectivity index (χ2v) is 9.02. The Labute approximate surface area is 177 Å². The summed E-state index contributed by atoms with van der Waals surface area (Å²) in [6.45, 7) is -2.84. The summed E-state index contributed by atoms with van der Waals surface area (Å²) in [4.78, 5) is 23.9. The van der Waals surface area contributed by atoms with Gasteiger partial charge in [-0.15, -0.1) is 0 Å². The molecule has 31 heavy (non-hydrogen) atoms. The number of anilines is 1. The van der Waals surface area contributed by atoms with Crippen LogP contribution in [0.2, 0.25) is 0 Å². The van der Waals surface area contributed by atoms with Gasteiger partial charge in [0.15, 0.2) is 0 Å². The molecular formula is C19H22F2N4O5S. The van der Waals surface area contributed by atoms with Crippen molar-refractivity contribution < 1.29 is 31.5 Å². The number of nitrogens with two attached hydrogens (primary N) is 1. The maximum absolute atomic E-state index is 12.9. The summed E-state index contributed by atoms with van der Waals surface area (Å²) in [5.41, 5.74) is 5.42. The minimum absolute atomic E-state index is 0.0511. The number of nitrogens with one attached hydrogen (secondary N) is 1. The van der Waals surface area contributed by atoms with Crippen LogP contribution in [0.25, 0.3) is 0 Å². The Morgan fingerprint density at radius 3 is 2.45 bits per heavy atom. The van der Waals surface area contributed by atoms with E-state index in [1.807, 2.05) is 0 Å². The Morgan fingerprint density at radius 2 is 1.87 bits per heavy atom. The molecule has 1 aliphatic heterocycles. The fraction of sp³-hybridized carbons (Fsp3) is 0.368. The van der Waals surface area contributed by atoms with E-state index in [9.17, 15) is 26.8 Å². The van der Waals surface area contributed by atoms with Crippen LogP contribution in [0.5, 0.6) is 5.75 Å². The third kappa shape index (κ3) is 5.02. The predicted octanol–water partition coefficient (Wildman–Crippen LogP) is 1.76. The van der Waals surface area contributed by atoms with Gasteiger partial charge in [0.1, 0.15) is 16.3 Å². The first-order valence-electron chi connectivity index (χ1n) is 9.40. The smallest absolute Gasteiger partial charge is 0.387 e. The molecule has 9 nitrogen and oxygen atoms in total. The first-order valence-corrected chi connectivity index (χ1v) is 10.8. The van der Waals surface area contributed by atoms with Crippen LogP contribution in [0, 0.1) is 5.92 Å². The number of benzene rings is 1. The zero-order valence-corrected chi connectivity index (χ0v) is 17.4. The van der Waals surface area contributed by atoms with Crippen LogP contribution in [0.1, 0.15) is 23.3 Å².